The molecule has 216 valence electrons. The third-order valence-corrected chi connectivity index (χ3v) is 7.94. The molecule has 0 aromatic heterocycles. The Morgan fingerprint density at radius 3 is 2.23 bits per heavy atom. The smallest absolute Gasteiger partial charge is 0.229 e. The highest BCUT2D eigenvalue weighted by atomic mass is 19.1. The van der Waals surface area contributed by atoms with Crippen LogP contribution in [0.15, 0.2) is 35.9 Å². The second kappa shape index (κ2) is 12.9. The third kappa shape index (κ3) is 6.18. The molecule has 1 aliphatic heterocycles. The van der Waals surface area contributed by atoms with E-state index in [9.17, 15) is 9.18 Å². The van der Waals surface area contributed by atoms with E-state index in [2.05, 4.69) is 23.9 Å². The fourth-order valence-corrected chi connectivity index (χ4v) is 5.82. The number of benzene rings is 2. The van der Waals surface area contributed by atoms with E-state index in [0.717, 1.165) is 66.0 Å². The van der Waals surface area contributed by atoms with Gasteiger partial charge in [-0.15, -0.1) is 0 Å². The normalized spacial score (nSPS) is 17.4. The molecule has 1 unspecified atom stereocenters. The fraction of sp³-hybridized carbons (Fsp3) is 0.469. The Bertz CT molecular complexity index is 1270. The summed E-state index contributed by atoms with van der Waals surface area (Å²) in [5.41, 5.74) is 5.34. The van der Waals surface area contributed by atoms with Gasteiger partial charge in [0.1, 0.15) is 5.82 Å². The van der Waals surface area contributed by atoms with Crippen LogP contribution in [0.2, 0.25) is 0 Å². The zero-order chi connectivity index (χ0) is 29.0. The molecule has 0 saturated carbocycles. The van der Waals surface area contributed by atoms with E-state index in [1.165, 1.54) is 6.07 Å². The first-order valence-corrected chi connectivity index (χ1v) is 13.9. The Morgan fingerprint density at radius 1 is 1.00 bits per heavy atom. The average molecular weight is 552 g/mol. The largest absolute Gasteiger partial charge is 0.493 e. The van der Waals surface area contributed by atoms with E-state index >= 15 is 0 Å². The summed E-state index contributed by atoms with van der Waals surface area (Å²) in [7, 11) is 8.92. The Morgan fingerprint density at radius 2 is 1.65 bits per heavy atom. The van der Waals surface area contributed by atoms with Gasteiger partial charge >= 0.3 is 0 Å². The number of piperazine rings is 1. The Kier molecular flexibility index (Phi) is 9.53. The minimum Gasteiger partial charge on any atom is -0.493 e. The number of hydrogen-bond acceptors (Lipinski definition) is 6. The van der Waals surface area contributed by atoms with Crippen LogP contribution in [-0.4, -0.2) is 95.3 Å². The van der Waals surface area contributed by atoms with Crippen molar-refractivity contribution in [3.8, 4) is 17.2 Å². The molecular weight excluding hydrogens is 509 g/mol. The lowest BCUT2D eigenvalue weighted by Gasteiger charge is -2.36. The van der Waals surface area contributed by atoms with Crippen LogP contribution in [0.5, 0.6) is 17.2 Å². The fourth-order valence-electron chi connectivity index (χ4n) is 5.82. The maximum absolute atomic E-state index is 14.5. The van der Waals surface area contributed by atoms with Crippen molar-refractivity contribution in [1.29, 1.82) is 0 Å². The van der Waals surface area contributed by atoms with Crippen molar-refractivity contribution in [2.45, 2.75) is 20.3 Å². The van der Waals surface area contributed by atoms with Gasteiger partial charge in [-0.05, 0) is 111 Å². The van der Waals surface area contributed by atoms with Crippen LogP contribution in [-0.2, 0) is 4.79 Å². The molecule has 40 heavy (non-hydrogen) atoms. The average Bonchev–Trinajstić information content (AvgIpc) is 3.21. The number of nitrogens with zero attached hydrogens (tertiary/aromatic N) is 3. The van der Waals surface area contributed by atoms with Crippen LogP contribution in [0.4, 0.5) is 4.39 Å². The zero-order valence-corrected chi connectivity index (χ0v) is 24.8. The van der Waals surface area contributed by atoms with Crippen molar-refractivity contribution >= 4 is 23.1 Å². The number of ether oxygens (including phenoxy) is 3. The lowest BCUT2D eigenvalue weighted by molar-refractivity contribution is -0.135. The first-order valence-electron chi connectivity index (χ1n) is 13.9. The number of halogens is 1. The van der Waals surface area contributed by atoms with Gasteiger partial charge in [0.05, 0.1) is 27.2 Å². The monoisotopic (exact) mass is 551 g/mol. The summed E-state index contributed by atoms with van der Waals surface area (Å²) < 4.78 is 31.1. The van der Waals surface area contributed by atoms with Gasteiger partial charge < -0.3 is 24.0 Å². The van der Waals surface area contributed by atoms with Crippen molar-refractivity contribution in [3.63, 3.8) is 0 Å². The van der Waals surface area contributed by atoms with E-state index < -0.39 is 5.92 Å². The zero-order valence-electron chi connectivity index (χ0n) is 24.8. The highest BCUT2D eigenvalue weighted by Crippen LogP contribution is 2.47. The minimum atomic E-state index is -0.397. The van der Waals surface area contributed by atoms with E-state index in [1.807, 2.05) is 37.0 Å². The van der Waals surface area contributed by atoms with Crippen molar-refractivity contribution in [2.75, 3.05) is 74.7 Å². The SMILES string of the molecule is COc1cc(/C=C2/C(C)=C(C(C)C(=O)N3CCN(CCCN(C)C)CC3)c3cc(F)ccc32)cc(OC)c1OC. The number of rotatable bonds is 10. The maximum Gasteiger partial charge on any atom is 0.229 e. The minimum absolute atomic E-state index is 0.0894. The predicted molar refractivity (Wildman–Crippen MR) is 158 cm³/mol. The molecule has 1 fully saturated rings. The Balaban J connectivity index is 1.62. The molecule has 1 atom stereocenters. The number of amides is 1. The number of carbonyl (C=O) groups excluding carboxylic acids is 1. The lowest BCUT2D eigenvalue weighted by atomic mass is 9.92. The number of methoxy groups -OCH3 is 3. The number of carbonyl (C=O) groups is 1. The molecule has 0 bridgehead atoms. The quantitative estimate of drug-likeness (QED) is 0.418. The van der Waals surface area contributed by atoms with Crippen LogP contribution in [0.1, 0.15) is 37.0 Å². The maximum atomic E-state index is 14.5. The first kappa shape index (κ1) is 29.6. The molecular formula is C32H42FN3O4. The van der Waals surface area contributed by atoms with Crippen LogP contribution >= 0.6 is 0 Å². The summed E-state index contributed by atoms with van der Waals surface area (Å²) >= 11 is 0. The van der Waals surface area contributed by atoms with Gasteiger partial charge in [0.2, 0.25) is 11.7 Å². The van der Waals surface area contributed by atoms with Gasteiger partial charge in [-0.2, -0.15) is 0 Å². The van der Waals surface area contributed by atoms with Crippen molar-refractivity contribution in [2.24, 2.45) is 5.92 Å². The van der Waals surface area contributed by atoms with Gasteiger partial charge in [-0.1, -0.05) is 6.07 Å². The Labute approximate surface area is 237 Å². The molecule has 1 heterocycles. The van der Waals surface area contributed by atoms with Gasteiger partial charge in [-0.3, -0.25) is 9.69 Å². The molecule has 4 rings (SSSR count). The second-order valence-corrected chi connectivity index (χ2v) is 10.8. The molecule has 7 nitrogen and oxygen atoms in total. The van der Waals surface area contributed by atoms with E-state index in [4.69, 9.17) is 14.2 Å². The van der Waals surface area contributed by atoms with Crippen LogP contribution in [0, 0.1) is 11.7 Å². The van der Waals surface area contributed by atoms with Crippen molar-refractivity contribution in [1.82, 2.24) is 14.7 Å². The topological polar surface area (TPSA) is 54.5 Å². The van der Waals surface area contributed by atoms with E-state index in [0.29, 0.717) is 30.3 Å². The molecule has 8 heteroatoms. The molecule has 1 amide bonds. The van der Waals surface area contributed by atoms with Crippen molar-refractivity contribution < 1.29 is 23.4 Å². The summed E-state index contributed by atoms with van der Waals surface area (Å²) in [6, 6.07) is 8.59. The predicted octanol–water partition coefficient (Wildman–Crippen LogP) is 4.91. The molecule has 1 aliphatic carbocycles. The van der Waals surface area contributed by atoms with Gasteiger partial charge in [-0.25, -0.2) is 4.39 Å². The van der Waals surface area contributed by atoms with Crippen LogP contribution in [0.3, 0.4) is 0 Å². The highest BCUT2D eigenvalue weighted by Gasteiger charge is 2.34. The number of allylic oxidation sites excluding steroid dienone is 2. The van der Waals surface area contributed by atoms with Gasteiger partial charge in [0.15, 0.2) is 11.5 Å². The first-order chi connectivity index (χ1) is 19.2. The van der Waals surface area contributed by atoms with Crippen LogP contribution < -0.4 is 14.2 Å². The molecule has 0 radical (unpaired) electrons. The molecule has 2 aliphatic rings. The summed E-state index contributed by atoms with van der Waals surface area (Å²) in [6.45, 7) is 9.24. The Hall–Kier alpha value is -3.36. The molecule has 2 aromatic rings. The molecule has 1 saturated heterocycles. The summed E-state index contributed by atoms with van der Waals surface area (Å²) in [5, 5.41) is 0. The van der Waals surface area contributed by atoms with E-state index in [1.54, 1.807) is 33.5 Å². The highest BCUT2D eigenvalue weighted by molar-refractivity contribution is 6.09. The number of fused-ring (bicyclic) bond motifs is 1. The van der Waals surface area contributed by atoms with Crippen molar-refractivity contribution in [3.05, 3.63) is 58.4 Å². The standard InChI is InChI=1S/C32H42FN3O4/c1-21-26(17-23-18-28(38-5)31(40-7)29(19-23)39-6)25-10-9-24(33)20-27(25)30(21)22(2)32(37)36-15-13-35(14-16-36)12-8-11-34(3)4/h9-10,17-20,22H,8,11-16H2,1-7H3/b26-17-. The number of hydrogen-bond donors (Lipinski definition) is 0. The van der Waals surface area contributed by atoms with Gasteiger partial charge in [0.25, 0.3) is 0 Å². The van der Waals surface area contributed by atoms with Crippen LogP contribution in [0.25, 0.3) is 17.2 Å². The molecule has 0 spiro atoms. The molecule has 2 aromatic carbocycles. The van der Waals surface area contributed by atoms with Gasteiger partial charge in [0, 0.05) is 26.2 Å². The molecule has 0 N–H and O–H groups in total. The third-order valence-electron chi connectivity index (χ3n) is 7.94. The summed E-state index contributed by atoms with van der Waals surface area (Å²) in [6.07, 6.45) is 3.15. The second-order valence-electron chi connectivity index (χ2n) is 10.8. The summed E-state index contributed by atoms with van der Waals surface area (Å²) in [4.78, 5) is 20.3. The lowest BCUT2D eigenvalue weighted by Crippen LogP contribution is -2.50. The summed E-state index contributed by atoms with van der Waals surface area (Å²) in [5.74, 6) is 1.00. The van der Waals surface area contributed by atoms with E-state index in [-0.39, 0.29) is 11.7 Å².